The van der Waals surface area contributed by atoms with Gasteiger partial charge in [-0.1, -0.05) is 0 Å². The maximum absolute atomic E-state index is 11.0. The van der Waals surface area contributed by atoms with Crippen LogP contribution >= 0.6 is 0 Å². The lowest BCUT2D eigenvalue weighted by Gasteiger charge is -2.47. The van der Waals surface area contributed by atoms with Crippen LogP contribution in [0.15, 0.2) is 0 Å². The molecule has 31 heavy (non-hydrogen) atoms. The summed E-state index contributed by atoms with van der Waals surface area (Å²) in [6.07, 6.45) is -7.72. The highest BCUT2D eigenvalue weighted by atomic mass is 16.7. The number of hydrogen-bond acceptors (Lipinski definition) is 13. The van der Waals surface area contributed by atoms with E-state index in [1.165, 1.54) is 0 Å². The van der Waals surface area contributed by atoms with Crippen molar-refractivity contribution in [1.82, 2.24) is 0 Å². The predicted molar refractivity (Wildman–Crippen MR) is 107 cm³/mol. The van der Waals surface area contributed by atoms with Gasteiger partial charge in [0.15, 0.2) is 12.6 Å². The lowest BCUT2D eigenvalue weighted by molar-refractivity contribution is -0.313. The van der Waals surface area contributed by atoms with Gasteiger partial charge in [0.1, 0.15) is 36.6 Å². The van der Waals surface area contributed by atoms with Gasteiger partial charge in [0.2, 0.25) is 0 Å². The molecule has 1 saturated carbocycles. The first-order valence-corrected chi connectivity index (χ1v) is 10.7. The first-order chi connectivity index (χ1) is 14.7. The summed E-state index contributed by atoms with van der Waals surface area (Å²) in [7, 11) is 0. The molecule has 1 aliphatic carbocycles. The van der Waals surface area contributed by atoms with Gasteiger partial charge in [0, 0.05) is 18.6 Å². The van der Waals surface area contributed by atoms with Gasteiger partial charge in [-0.05, 0) is 19.3 Å². The maximum atomic E-state index is 11.0. The lowest BCUT2D eigenvalue weighted by Crippen LogP contribution is -2.68. The third-order valence-electron chi connectivity index (χ3n) is 6.34. The monoisotopic (exact) mass is 451 g/mol. The van der Waals surface area contributed by atoms with E-state index in [9.17, 15) is 20.4 Å². The number of ether oxygens (including phenoxy) is 4. The van der Waals surface area contributed by atoms with Crippen molar-refractivity contribution in [2.75, 3.05) is 13.2 Å². The van der Waals surface area contributed by atoms with Gasteiger partial charge in [0.25, 0.3) is 0 Å². The summed E-state index contributed by atoms with van der Waals surface area (Å²) in [4.78, 5) is 0. The van der Waals surface area contributed by atoms with Crippen LogP contribution in [0, 0.1) is 0 Å². The first kappa shape index (κ1) is 25.1. The van der Waals surface area contributed by atoms with E-state index in [0.29, 0.717) is 19.4 Å². The summed E-state index contributed by atoms with van der Waals surface area (Å²) in [6, 6.07) is -2.85. The van der Waals surface area contributed by atoms with E-state index in [0.717, 1.165) is 0 Å². The Labute approximate surface area is 180 Å². The zero-order chi connectivity index (χ0) is 22.9. The Kier molecular flexibility index (Phi) is 8.59. The largest absolute Gasteiger partial charge is 0.394 e. The molecule has 14 N–H and O–H groups in total. The van der Waals surface area contributed by atoms with E-state index in [1.54, 1.807) is 0 Å². The van der Waals surface area contributed by atoms with Gasteiger partial charge in [-0.2, -0.15) is 0 Å². The number of rotatable bonds is 6. The van der Waals surface area contributed by atoms with Crippen LogP contribution in [0.5, 0.6) is 0 Å². The zero-order valence-corrected chi connectivity index (χ0v) is 17.3. The van der Waals surface area contributed by atoms with Crippen LogP contribution in [0.25, 0.3) is 0 Å². The maximum Gasteiger partial charge on any atom is 0.186 e. The average molecular weight is 452 g/mol. The quantitative estimate of drug-likeness (QED) is 0.183. The van der Waals surface area contributed by atoms with Crippen LogP contribution in [-0.2, 0) is 18.9 Å². The summed E-state index contributed by atoms with van der Waals surface area (Å²) >= 11 is 0. The Morgan fingerprint density at radius 1 is 0.774 bits per heavy atom. The summed E-state index contributed by atoms with van der Waals surface area (Å²) in [5.74, 6) is 0. The van der Waals surface area contributed by atoms with E-state index in [1.807, 2.05) is 0 Å². The fourth-order valence-corrected chi connectivity index (χ4v) is 4.36. The van der Waals surface area contributed by atoms with Crippen molar-refractivity contribution in [3.63, 3.8) is 0 Å². The van der Waals surface area contributed by atoms with Gasteiger partial charge in [-0.3, -0.25) is 0 Å². The third kappa shape index (κ3) is 5.35. The molecule has 13 heteroatoms. The van der Waals surface area contributed by atoms with Crippen molar-refractivity contribution >= 4 is 0 Å². The number of hydrogen-bond donors (Lipinski definition) is 9. The van der Waals surface area contributed by atoms with E-state index >= 15 is 0 Å². The van der Waals surface area contributed by atoms with Gasteiger partial charge >= 0.3 is 0 Å². The topological polar surface area (TPSA) is 248 Å². The SMILES string of the molecule is NC[C@@H]1CC[C@@H](N)[C@@H](O[C@@H]2[C@@H](O)[C@H](O[C@H]3O[C@H](CO)[C@@H](O)[C@H](N)[C@H]3O)[C@@H](N)C[C@H]2N)O1. The van der Waals surface area contributed by atoms with Crippen molar-refractivity contribution in [2.24, 2.45) is 28.7 Å². The van der Waals surface area contributed by atoms with Gasteiger partial charge in [-0.15, -0.1) is 0 Å². The minimum absolute atomic E-state index is 0.204. The minimum atomic E-state index is -1.41. The van der Waals surface area contributed by atoms with Crippen LogP contribution in [0.3, 0.4) is 0 Å². The average Bonchev–Trinajstić information content (AvgIpc) is 2.75. The molecule has 0 aromatic carbocycles. The van der Waals surface area contributed by atoms with E-state index in [2.05, 4.69) is 0 Å². The molecule has 0 bridgehead atoms. The Bertz CT molecular complexity index is 577. The minimum Gasteiger partial charge on any atom is -0.394 e. The van der Waals surface area contributed by atoms with Gasteiger partial charge < -0.3 is 68.0 Å². The molecule has 182 valence electrons. The smallest absolute Gasteiger partial charge is 0.186 e. The molecule has 0 aromatic rings. The highest BCUT2D eigenvalue weighted by Gasteiger charge is 2.49. The Morgan fingerprint density at radius 3 is 1.97 bits per heavy atom. The van der Waals surface area contributed by atoms with Crippen molar-refractivity contribution < 1.29 is 39.4 Å². The Hall–Kier alpha value is -0.520. The summed E-state index contributed by atoms with van der Waals surface area (Å²) in [5, 5.41) is 40.7. The summed E-state index contributed by atoms with van der Waals surface area (Å²) < 4.78 is 23.0. The third-order valence-corrected chi connectivity index (χ3v) is 6.34. The van der Waals surface area contributed by atoms with Crippen molar-refractivity contribution in [3.05, 3.63) is 0 Å². The number of nitrogens with two attached hydrogens (primary N) is 5. The molecule has 13 nitrogen and oxygen atoms in total. The van der Waals surface area contributed by atoms with Gasteiger partial charge in [0.05, 0.1) is 24.8 Å². The summed E-state index contributed by atoms with van der Waals surface area (Å²) in [6.45, 7) is -0.214. The van der Waals surface area contributed by atoms with Crippen LogP contribution in [-0.4, -0.2) is 113 Å². The Balaban J connectivity index is 1.69. The molecular weight excluding hydrogens is 414 g/mol. The highest BCUT2D eigenvalue weighted by Crippen LogP contribution is 2.30. The van der Waals surface area contributed by atoms with Crippen molar-refractivity contribution in [1.29, 1.82) is 0 Å². The first-order valence-electron chi connectivity index (χ1n) is 10.7. The normalized spacial score (nSPS) is 51.6. The van der Waals surface area contributed by atoms with Crippen LogP contribution in [0.1, 0.15) is 19.3 Å². The second kappa shape index (κ2) is 10.6. The zero-order valence-electron chi connectivity index (χ0n) is 17.3. The molecule has 2 heterocycles. The van der Waals surface area contributed by atoms with E-state index < -0.39 is 80.0 Å². The van der Waals surface area contributed by atoms with E-state index in [-0.39, 0.29) is 12.5 Å². The second-order valence-corrected chi connectivity index (χ2v) is 8.64. The molecule has 3 fully saturated rings. The number of aliphatic hydroxyl groups is 4. The fourth-order valence-electron chi connectivity index (χ4n) is 4.36. The highest BCUT2D eigenvalue weighted by molar-refractivity contribution is 5.00. The fraction of sp³-hybridized carbons (Fsp3) is 1.00. The number of aliphatic hydroxyl groups excluding tert-OH is 4. The second-order valence-electron chi connectivity index (χ2n) is 8.64. The van der Waals surface area contributed by atoms with Crippen LogP contribution in [0.4, 0.5) is 0 Å². The molecule has 13 atom stereocenters. The standard InChI is InChI=1S/C18H37N5O8/c19-4-6-1-2-7(20)17(28-6)30-15-8(21)3-9(22)16(14(15)27)31-18-13(26)11(23)12(25)10(5-24)29-18/h6-18,24-27H,1-5,19-23H2/t6-,7+,8+,9-,10+,11-,12+,13+,14+,15-,16+,17+,18+/m0/s1. The van der Waals surface area contributed by atoms with Crippen molar-refractivity contribution in [3.8, 4) is 0 Å². The van der Waals surface area contributed by atoms with Crippen LogP contribution < -0.4 is 28.7 Å². The molecular formula is C18H37N5O8. The molecule has 0 unspecified atom stereocenters. The molecule has 0 aromatic heterocycles. The van der Waals surface area contributed by atoms with E-state index in [4.69, 9.17) is 47.6 Å². The van der Waals surface area contributed by atoms with Crippen molar-refractivity contribution in [2.45, 2.75) is 98.7 Å². The molecule has 0 radical (unpaired) electrons. The molecule has 2 aliphatic heterocycles. The molecule has 0 spiro atoms. The molecule has 2 saturated heterocycles. The predicted octanol–water partition coefficient (Wildman–Crippen LogP) is -5.27. The summed E-state index contributed by atoms with van der Waals surface area (Å²) in [5.41, 5.74) is 30.0. The molecule has 0 amide bonds. The van der Waals surface area contributed by atoms with Crippen LogP contribution in [0.2, 0.25) is 0 Å². The van der Waals surface area contributed by atoms with Gasteiger partial charge in [-0.25, -0.2) is 0 Å². The Morgan fingerprint density at radius 2 is 1.39 bits per heavy atom. The lowest BCUT2D eigenvalue weighted by atomic mass is 9.84. The molecule has 3 rings (SSSR count). The molecule has 3 aliphatic rings.